The van der Waals surface area contributed by atoms with Crippen molar-refractivity contribution in [3.8, 4) is 5.75 Å². The Morgan fingerprint density at radius 1 is 1.35 bits per heavy atom. The minimum absolute atomic E-state index is 0. The molecule has 1 amide bonds. The van der Waals surface area contributed by atoms with E-state index in [1.807, 2.05) is 36.1 Å². The molecule has 2 atom stereocenters. The number of nitrogens with two attached hydrogens (primary N) is 1. The SMILES string of the molecule is COc1ccc2nc(C)cc(C(=O)N3CCC(C)CC3CN)c2c1.Cl.Cl. The summed E-state index contributed by atoms with van der Waals surface area (Å²) >= 11 is 0. The van der Waals surface area contributed by atoms with Gasteiger partial charge in [-0.2, -0.15) is 0 Å². The van der Waals surface area contributed by atoms with Gasteiger partial charge in [-0.25, -0.2) is 0 Å². The number of fused-ring (bicyclic) bond motifs is 1. The summed E-state index contributed by atoms with van der Waals surface area (Å²) in [6.45, 7) is 5.40. The van der Waals surface area contributed by atoms with E-state index in [0.29, 0.717) is 18.0 Å². The molecule has 3 rings (SSSR count). The number of benzene rings is 1. The Kier molecular flexibility index (Phi) is 8.13. The van der Waals surface area contributed by atoms with Crippen molar-refractivity contribution in [1.29, 1.82) is 0 Å². The number of carbonyl (C=O) groups is 1. The van der Waals surface area contributed by atoms with Crippen LogP contribution in [0, 0.1) is 12.8 Å². The molecule has 2 N–H and O–H groups in total. The minimum atomic E-state index is 0. The molecule has 2 unspecified atom stereocenters. The number of rotatable bonds is 3. The predicted octanol–water partition coefficient (Wildman–Crippen LogP) is 3.59. The fourth-order valence-electron chi connectivity index (χ4n) is 3.54. The van der Waals surface area contributed by atoms with E-state index in [1.165, 1.54) is 0 Å². The Hall–Kier alpha value is -1.56. The van der Waals surface area contributed by atoms with Gasteiger partial charge in [-0.15, -0.1) is 24.8 Å². The lowest BCUT2D eigenvalue weighted by Gasteiger charge is -2.38. The molecule has 1 aliphatic rings. The largest absolute Gasteiger partial charge is 0.497 e. The third kappa shape index (κ3) is 4.40. The normalized spacial score (nSPS) is 19.5. The van der Waals surface area contributed by atoms with E-state index in [4.69, 9.17) is 10.5 Å². The first-order valence-corrected chi connectivity index (χ1v) is 8.50. The van der Waals surface area contributed by atoms with Crippen LogP contribution >= 0.6 is 24.8 Å². The number of likely N-dealkylation sites (tertiary alicyclic amines) is 1. The molecule has 144 valence electrons. The Bertz CT molecular complexity index is 770. The lowest BCUT2D eigenvalue weighted by molar-refractivity contribution is 0.0575. The lowest BCUT2D eigenvalue weighted by Crippen LogP contribution is -2.49. The molecular formula is C19H27Cl2N3O2. The molecule has 0 aliphatic carbocycles. The Morgan fingerprint density at radius 3 is 2.73 bits per heavy atom. The van der Waals surface area contributed by atoms with Gasteiger partial charge in [-0.05, 0) is 49.9 Å². The highest BCUT2D eigenvalue weighted by Crippen LogP contribution is 2.28. The summed E-state index contributed by atoms with van der Waals surface area (Å²) in [5.41, 5.74) is 8.27. The van der Waals surface area contributed by atoms with Crippen LogP contribution < -0.4 is 10.5 Å². The average Bonchev–Trinajstić information content (AvgIpc) is 2.59. The Morgan fingerprint density at radius 2 is 2.08 bits per heavy atom. The van der Waals surface area contributed by atoms with Crippen LogP contribution in [0.15, 0.2) is 24.3 Å². The number of halogens is 2. The second-order valence-electron chi connectivity index (χ2n) is 6.71. The van der Waals surface area contributed by atoms with Gasteiger partial charge >= 0.3 is 0 Å². The summed E-state index contributed by atoms with van der Waals surface area (Å²) < 4.78 is 5.32. The van der Waals surface area contributed by atoms with Crippen LogP contribution in [0.5, 0.6) is 5.75 Å². The number of methoxy groups -OCH3 is 1. The van der Waals surface area contributed by atoms with E-state index in [9.17, 15) is 4.79 Å². The molecule has 1 saturated heterocycles. The van der Waals surface area contributed by atoms with Crippen LogP contribution in [0.2, 0.25) is 0 Å². The second kappa shape index (κ2) is 9.40. The summed E-state index contributed by atoms with van der Waals surface area (Å²) in [6, 6.07) is 7.63. The van der Waals surface area contributed by atoms with Crippen molar-refractivity contribution < 1.29 is 9.53 Å². The molecule has 1 aliphatic heterocycles. The molecule has 5 nitrogen and oxygen atoms in total. The molecule has 0 spiro atoms. The first-order valence-electron chi connectivity index (χ1n) is 8.50. The molecule has 1 aromatic heterocycles. The summed E-state index contributed by atoms with van der Waals surface area (Å²) in [5, 5.41) is 0.833. The number of ether oxygens (including phenoxy) is 1. The molecule has 26 heavy (non-hydrogen) atoms. The minimum Gasteiger partial charge on any atom is -0.497 e. The third-order valence-electron chi connectivity index (χ3n) is 4.89. The number of aromatic nitrogens is 1. The van der Waals surface area contributed by atoms with Crippen molar-refractivity contribution >= 4 is 41.6 Å². The van der Waals surface area contributed by atoms with Gasteiger partial charge in [-0.1, -0.05) is 6.92 Å². The molecule has 0 saturated carbocycles. The van der Waals surface area contributed by atoms with Crippen molar-refractivity contribution in [3.63, 3.8) is 0 Å². The van der Waals surface area contributed by atoms with Crippen LogP contribution in [0.4, 0.5) is 0 Å². The molecule has 0 bridgehead atoms. The first-order chi connectivity index (χ1) is 11.5. The number of hydrogen-bond donors (Lipinski definition) is 1. The first kappa shape index (κ1) is 22.5. The van der Waals surface area contributed by atoms with Gasteiger partial charge in [-0.3, -0.25) is 9.78 Å². The number of hydrogen-bond acceptors (Lipinski definition) is 4. The van der Waals surface area contributed by atoms with Gasteiger partial charge in [0.05, 0.1) is 18.2 Å². The van der Waals surface area contributed by atoms with Gasteiger partial charge < -0.3 is 15.4 Å². The van der Waals surface area contributed by atoms with Gasteiger partial charge in [0.15, 0.2) is 0 Å². The van der Waals surface area contributed by atoms with Crippen molar-refractivity contribution in [2.45, 2.75) is 32.7 Å². The maximum absolute atomic E-state index is 13.2. The van der Waals surface area contributed by atoms with Crippen LogP contribution in [-0.4, -0.2) is 42.0 Å². The van der Waals surface area contributed by atoms with E-state index in [0.717, 1.165) is 41.7 Å². The number of aryl methyl sites for hydroxylation is 1. The van der Waals surface area contributed by atoms with Crippen LogP contribution in [-0.2, 0) is 0 Å². The summed E-state index contributed by atoms with van der Waals surface area (Å²) in [4.78, 5) is 19.7. The highest BCUT2D eigenvalue weighted by atomic mass is 35.5. The maximum Gasteiger partial charge on any atom is 0.254 e. The van der Waals surface area contributed by atoms with E-state index in [-0.39, 0.29) is 36.8 Å². The summed E-state index contributed by atoms with van der Waals surface area (Å²) in [6.07, 6.45) is 1.99. The standard InChI is InChI=1S/C19H25N3O2.2ClH/c1-12-6-7-22(14(8-12)11-20)19(23)17-9-13(2)21-18-5-4-15(24-3)10-16(17)18;;/h4-5,9-10,12,14H,6-8,11,20H2,1-3H3;2*1H. The molecule has 7 heteroatoms. The zero-order valence-electron chi connectivity index (χ0n) is 15.4. The molecular weight excluding hydrogens is 373 g/mol. The Labute approximate surface area is 167 Å². The van der Waals surface area contributed by atoms with Gasteiger partial charge in [0.25, 0.3) is 5.91 Å². The van der Waals surface area contributed by atoms with Crippen molar-refractivity contribution in [3.05, 3.63) is 35.5 Å². The predicted molar refractivity (Wildman–Crippen MR) is 110 cm³/mol. The third-order valence-corrected chi connectivity index (χ3v) is 4.89. The van der Waals surface area contributed by atoms with Crippen LogP contribution in [0.25, 0.3) is 10.9 Å². The molecule has 1 fully saturated rings. The lowest BCUT2D eigenvalue weighted by atomic mass is 9.91. The second-order valence-corrected chi connectivity index (χ2v) is 6.71. The van der Waals surface area contributed by atoms with E-state index in [2.05, 4.69) is 11.9 Å². The number of nitrogens with zero attached hydrogens (tertiary/aromatic N) is 2. The highest BCUT2D eigenvalue weighted by Gasteiger charge is 2.30. The molecule has 2 heterocycles. The number of amides is 1. The monoisotopic (exact) mass is 399 g/mol. The number of carbonyl (C=O) groups excluding carboxylic acids is 1. The zero-order valence-corrected chi connectivity index (χ0v) is 17.0. The average molecular weight is 400 g/mol. The fraction of sp³-hybridized carbons (Fsp3) is 0.474. The number of pyridine rings is 1. The van der Waals surface area contributed by atoms with Crippen LogP contribution in [0.3, 0.4) is 0 Å². The maximum atomic E-state index is 13.2. The molecule has 1 aromatic carbocycles. The quantitative estimate of drug-likeness (QED) is 0.855. The van der Waals surface area contributed by atoms with Crippen molar-refractivity contribution in [2.24, 2.45) is 11.7 Å². The van der Waals surface area contributed by atoms with E-state index in [1.54, 1.807) is 7.11 Å². The van der Waals surface area contributed by atoms with Crippen molar-refractivity contribution in [2.75, 3.05) is 20.2 Å². The summed E-state index contributed by atoms with van der Waals surface area (Å²) in [7, 11) is 1.63. The van der Waals surface area contributed by atoms with Crippen LogP contribution in [0.1, 0.15) is 35.8 Å². The van der Waals surface area contributed by atoms with E-state index >= 15 is 0 Å². The summed E-state index contributed by atoms with van der Waals surface area (Å²) in [5.74, 6) is 1.38. The molecule has 2 aromatic rings. The van der Waals surface area contributed by atoms with Gasteiger partial charge in [0.1, 0.15) is 5.75 Å². The molecule has 0 radical (unpaired) electrons. The van der Waals surface area contributed by atoms with Crippen molar-refractivity contribution in [1.82, 2.24) is 9.88 Å². The fourth-order valence-corrected chi connectivity index (χ4v) is 3.54. The Balaban J connectivity index is 0.00000169. The smallest absolute Gasteiger partial charge is 0.254 e. The zero-order chi connectivity index (χ0) is 17.3. The van der Waals surface area contributed by atoms with E-state index < -0.39 is 0 Å². The van der Waals surface area contributed by atoms with Gasteiger partial charge in [0.2, 0.25) is 0 Å². The highest BCUT2D eigenvalue weighted by molar-refractivity contribution is 6.06. The number of piperidine rings is 1. The van der Waals surface area contributed by atoms with Gasteiger partial charge in [0, 0.05) is 30.2 Å². The topological polar surface area (TPSA) is 68.5 Å².